The summed E-state index contributed by atoms with van der Waals surface area (Å²) in [7, 11) is 0. The van der Waals surface area contributed by atoms with Crippen LogP contribution in [0.15, 0.2) is 0 Å². The van der Waals surface area contributed by atoms with Crippen molar-refractivity contribution in [3.05, 3.63) is 0 Å². The molecule has 1 unspecified atom stereocenters. The monoisotopic (exact) mass is 200 g/mol. The molecule has 1 aliphatic rings. The molecule has 1 rings (SSSR count). The van der Waals surface area contributed by atoms with Crippen LogP contribution in [-0.2, 0) is 9.53 Å². The lowest BCUT2D eigenvalue weighted by atomic mass is 10.2. The average Bonchev–Trinajstić information content (AvgIpc) is 2.55. The summed E-state index contributed by atoms with van der Waals surface area (Å²) in [4.78, 5) is 11.2. The van der Waals surface area contributed by atoms with Gasteiger partial charge in [-0.15, -0.1) is 0 Å². The van der Waals surface area contributed by atoms with Gasteiger partial charge in [0.05, 0.1) is 6.61 Å². The van der Waals surface area contributed by atoms with E-state index in [9.17, 15) is 4.79 Å². The van der Waals surface area contributed by atoms with Crippen molar-refractivity contribution in [3.63, 3.8) is 0 Å². The molecular formula is C10H20N2O2. The van der Waals surface area contributed by atoms with Crippen molar-refractivity contribution in [1.82, 2.24) is 10.6 Å². The van der Waals surface area contributed by atoms with Crippen molar-refractivity contribution in [3.8, 4) is 0 Å². The van der Waals surface area contributed by atoms with Crippen LogP contribution in [0.3, 0.4) is 0 Å². The van der Waals surface area contributed by atoms with Gasteiger partial charge in [-0.05, 0) is 20.3 Å². The highest BCUT2D eigenvalue weighted by Gasteiger charge is 2.14. The second-order valence-electron chi connectivity index (χ2n) is 3.99. The largest absolute Gasteiger partial charge is 0.380 e. The molecule has 4 heteroatoms. The SMILES string of the molecule is CC(C)NC(=O)CCNC1CCOC1. The first-order valence-corrected chi connectivity index (χ1v) is 5.29. The van der Waals surface area contributed by atoms with E-state index >= 15 is 0 Å². The molecule has 0 aromatic rings. The number of carbonyl (C=O) groups is 1. The van der Waals surface area contributed by atoms with Crippen molar-refractivity contribution in [2.24, 2.45) is 0 Å². The zero-order chi connectivity index (χ0) is 10.4. The number of ether oxygens (including phenoxy) is 1. The molecule has 1 amide bonds. The minimum Gasteiger partial charge on any atom is -0.380 e. The van der Waals surface area contributed by atoms with Gasteiger partial charge in [-0.3, -0.25) is 4.79 Å². The van der Waals surface area contributed by atoms with Crippen LogP contribution in [0.2, 0.25) is 0 Å². The zero-order valence-electron chi connectivity index (χ0n) is 9.01. The fraction of sp³-hybridized carbons (Fsp3) is 0.900. The van der Waals surface area contributed by atoms with E-state index < -0.39 is 0 Å². The van der Waals surface area contributed by atoms with E-state index in [4.69, 9.17) is 4.74 Å². The molecule has 82 valence electrons. The summed E-state index contributed by atoms with van der Waals surface area (Å²) in [5.41, 5.74) is 0. The van der Waals surface area contributed by atoms with Crippen molar-refractivity contribution < 1.29 is 9.53 Å². The van der Waals surface area contributed by atoms with E-state index in [2.05, 4.69) is 10.6 Å². The Labute approximate surface area is 85.4 Å². The molecule has 0 spiro atoms. The number of nitrogens with one attached hydrogen (secondary N) is 2. The zero-order valence-corrected chi connectivity index (χ0v) is 9.01. The first-order valence-electron chi connectivity index (χ1n) is 5.29. The van der Waals surface area contributed by atoms with Gasteiger partial charge in [0.2, 0.25) is 5.91 Å². The highest BCUT2D eigenvalue weighted by Crippen LogP contribution is 2.02. The van der Waals surface area contributed by atoms with Crippen molar-refractivity contribution in [2.75, 3.05) is 19.8 Å². The molecule has 0 aromatic carbocycles. The standard InChI is InChI=1S/C10H20N2O2/c1-8(2)12-10(13)3-5-11-9-4-6-14-7-9/h8-9,11H,3-7H2,1-2H3,(H,12,13). The molecule has 0 aliphatic carbocycles. The fourth-order valence-electron chi connectivity index (χ4n) is 1.48. The second kappa shape index (κ2) is 5.98. The average molecular weight is 200 g/mol. The van der Waals surface area contributed by atoms with E-state index in [-0.39, 0.29) is 11.9 Å². The molecule has 0 aromatic heterocycles. The quantitative estimate of drug-likeness (QED) is 0.670. The van der Waals surface area contributed by atoms with Crippen LogP contribution in [0.4, 0.5) is 0 Å². The summed E-state index contributed by atoms with van der Waals surface area (Å²) < 4.78 is 5.22. The number of rotatable bonds is 5. The van der Waals surface area contributed by atoms with E-state index in [1.807, 2.05) is 13.8 Å². The molecule has 1 atom stereocenters. The summed E-state index contributed by atoms with van der Waals surface area (Å²) in [6.45, 7) is 6.31. The maximum Gasteiger partial charge on any atom is 0.221 e. The van der Waals surface area contributed by atoms with Crippen molar-refractivity contribution >= 4 is 5.91 Å². The molecule has 1 fully saturated rings. The minimum atomic E-state index is 0.117. The first kappa shape index (κ1) is 11.5. The third-order valence-electron chi connectivity index (χ3n) is 2.16. The van der Waals surface area contributed by atoms with Gasteiger partial charge in [0.1, 0.15) is 0 Å². The molecule has 2 N–H and O–H groups in total. The van der Waals surface area contributed by atoms with Crippen LogP contribution in [0.25, 0.3) is 0 Å². The molecule has 0 bridgehead atoms. The molecule has 1 heterocycles. The lowest BCUT2D eigenvalue weighted by molar-refractivity contribution is -0.121. The van der Waals surface area contributed by atoms with E-state index in [1.165, 1.54) is 0 Å². The van der Waals surface area contributed by atoms with Crippen LogP contribution in [-0.4, -0.2) is 37.7 Å². The lowest BCUT2D eigenvalue weighted by Gasteiger charge is -2.11. The summed E-state index contributed by atoms with van der Waals surface area (Å²) in [6, 6.07) is 0.680. The topological polar surface area (TPSA) is 50.4 Å². The summed E-state index contributed by atoms with van der Waals surface area (Å²) >= 11 is 0. The van der Waals surface area contributed by atoms with Gasteiger partial charge in [0.15, 0.2) is 0 Å². The lowest BCUT2D eigenvalue weighted by Crippen LogP contribution is -2.35. The number of carbonyl (C=O) groups excluding carboxylic acids is 1. The molecule has 4 nitrogen and oxygen atoms in total. The number of hydrogen-bond donors (Lipinski definition) is 2. The maximum atomic E-state index is 11.2. The van der Waals surface area contributed by atoms with Crippen LogP contribution < -0.4 is 10.6 Å². The second-order valence-corrected chi connectivity index (χ2v) is 3.99. The molecule has 0 radical (unpaired) electrons. The van der Waals surface area contributed by atoms with Crippen molar-refractivity contribution in [1.29, 1.82) is 0 Å². The highest BCUT2D eigenvalue weighted by molar-refractivity contribution is 5.76. The van der Waals surface area contributed by atoms with Crippen LogP contribution >= 0.6 is 0 Å². The Bertz CT molecular complexity index is 177. The van der Waals surface area contributed by atoms with Gasteiger partial charge in [-0.2, -0.15) is 0 Å². The number of hydrogen-bond acceptors (Lipinski definition) is 3. The van der Waals surface area contributed by atoms with Crippen LogP contribution in [0.1, 0.15) is 26.7 Å². The van der Waals surface area contributed by atoms with E-state index in [0.717, 1.165) is 26.2 Å². The maximum absolute atomic E-state index is 11.2. The molecular weight excluding hydrogens is 180 g/mol. The van der Waals surface area contributed by atoms with Gasteiger partial charge in [-0.25, -0.2) is 0 Å². The predicted octanol–water partition coefficient (Wildman–Crippen LogP) is 0.280. The molecule has 0 saturated carbocycles. The van der Waals surface area contributed by atoms with Gasteiger partial charge in [-0.1, -0.05) is 0 Å². The first-order chi connectivity index (χ1) is 6.68. The fourth-order valence-corrected chi connectivity index (χ4v) is 1.48. The van der Waals surface area contributed by atoms with E-state index in [0.29, 0.717) is 12.5 Å². The Morgan fingerprint density at radius 1 is 1.57 bits per heavy atom. The van der Waals surface area contributed by atoms with Gasteiger partial charge < -0.3 is 15.4 Å². The Hall–Kier alpha value is -0.610. The highest BCUT2D eigenvalue weighted by atomic mass is 16.5. The van der Waals surface area contributed by atoms with Crippen molar-refractivity contribution in [2.45, 2.75) is 38.8 Å². The Kier molecular flexibility index (Phi) is 4.90. The predicted molar refractivity (Wildman–Crippen MR) is 55.1 cm³/mol. The Morgan fingerprint density at radius 2 is 2.36 bits per heavy atom. The van der Waals surface area contributed by atoms with E-state index in [1.54, 1.807) is 0 Å². The van der Waals surface area contributed by atoms with Gasteiger partial charge in [0.25, 0.3) is 0 Å². The van der Waals surface area contributed by atoms with Gasteiger partial charge in [0, 0.05) is 31.7 Å². The summed E-state index contributed by atoms with van der Waals surface area (Å²) in [6.07, 6.45) is 1.61. The van der Waals surface area contributed by atoms with Crippen LogP contribution in [0, 0.1) is 0 Å². The van der Waals surface area contributed by atoms with Crippen LogP contribution in [0.5, 0.6) is 0 Å². The Morgan fingerprint density at radius 3 is 2.93 bits per heavy atom. The summed E-state index contributed by atoms with van der Waals surface area (Å²) in [5, 5.41) is 6.16. The summed E-state index contributed by atoms with van der Waals surface area (Å²) in [5.74, 6) is 0.117. The smallest absolute Gasteiger partial charge is 0.221 e. The molecule has 1 saturated heterocycles. The number of amides is 1. The molecule has 1 aliphatic heterocycles. The van der Waals surface area contributed by atoms with Gasteiger partial charge >= 0.3 is 0 Å². The molecule has 14 heavy (non-hydrogen) atoms. The third kappa shape index (κ3) is 4.58. The normalized spacial score (nSPS) is 21.5. The minimum absolute atomic E-state index is 0.117. The third-order valence-corrected chi connectivity index (χ3v) is 2.16. The Balaban J connectivity index is 1.99.